The van der Waals surface area contributed by atoms with E-state index in [4.69, 9.17) is 0 Å². The summed E-state index contributed by atoms with van der Waals surface area (Å²) in [6, 6.07) is 7.14. The molecule has 0 amide bonds. The number of rotatable bonds is 2. The van der Waals surface area contributed by atoms with Crippen molar-refractivity contribution in [2.45, 2.75) is 56.7 Å². The van der Waals surface area contributed by atoms with Crippen LogP contribution in [0.5, 0.6) is 0 Å². The summed E-state index contributed by atoms with van der Waals surface area (Å²) in [7, 11) is 0. The molecule has 1 aromatic rings. The maximum atomic E-state index is 13.3. The first kappa shape index (κ1) is 12.8. The zero-order chi connectivity index (χ0) is 13.5. The molecule has 0 bridgehead atoms. The highest BCUT2D eigenvalue weighted by molar-refractivity contribution is 5.35. The van der Waals surface area contributed by atoms with Gasteiger partial charge in [0.2, 0.25) is 0 Å². The Balaban J connectivity index is 1.48. The van der Waals surface area contributed by atoms with Gasteiger partial charge in [0.05, 0.1) is 0 Å². The predicted octanol–water partition coefficient (Wildman–Crippen LogP) is 3.03. The van der Waals surface area contributed by atoms with Crippen molar-refractivity contribution in [3.63, 3.8) is 0 Å². The van der Waals surface area contributed by atoms with Crippen molar-refractivity contribution in [3.8, 4) is 0 Å². The van der Waals surface area contributed by atoms with Gasteiger partial charge in [0, 0.05) is 24.7 Å². The lowest BCUT2D eigenvalue weighted by atomic mass is 9.97. The molecular formula is C17H23FN2. The molecule has 20 heavy (non-hydrogen) atoms. The lowest BCUT2D eigenvalue weighted by Gasteiger charge is -2.34. The highest BCUT2D eigenvalue weighted by atomic mass is 19.1. The predicted molar refractivity (Wildman–Crippen MR) is 78.2 cm³/mol. The van der Waals surface area contributed by atoms with Crippen LogP contribution in [0.3, 0.4) is 0 Å². The number of piperidine rings is 1. The average molecular weight is 274 g/mol. The standard InChI is InChI=1S/C17H23FN2/c18-13-5-6-14-12(11-13)4-7-15(14)19-16-8-10-20-9-2-1-3-17(16)20/h5-6,11,15-17,19H,1-4,7-10H2. The number of fused-ring (bicyclic) bond motifs is 2. The molecule has 2 aliphatic heterocycles. The summed E-state index contributed by atoms with van der Waals surface area (Å²) in [4.78, 5) is 2.67. The lowest BCUT2D eigenvalue weighted by Crippen LogP contribution is -2.45. The van der Waals surface area contributed by atoms with E-state index >= 15 is 0 Å². The SMILES string of the molecule is Fc1ccc2c(c1)CCC2NC1CCN2CCCCC12. The monoisotopic (exact) mass is 274 g/mol. The number of hydrogen-bond donors (Lipinski definition) is 1. The Labute approximate surface area is 120 Å². The van der Waals surface area contributed by atoms with E-state index in [-0.39, 0.29) is 5.82 Å². The molecule has 1 aliphatic carbocycles. The summed E-state index contributed by atoms with van der Waals surface area (Å²) in [5, 5.41) is 3.89. The van der Waals surface area contributed by atoms with Crippen LogP contribution in [0.4, 0.5) is 4.39 Å². The van der Waals surface area contributed by atoms with E-state index < -0.39 is 0 Å². The van der Waals surface area contributed by atoms with Gasteiger partial charge in [0.1, 0.15) is 5.82 Å². The smallest absolute Gasteiger partial charge is 0.123 e. The van der Waals surface area contributed by atoms with E-state index in [1.807, 2.05) is 6.07 Å². The Bertz CT molecular complexity index is 502. The third-order valence-electron chi connectivity index (χ3n) is 5.45. The van der Waals surface area contributed by atoms with E-state index in [9.17, 15) is 4.39 Å². The van der Waals surface area contributed by atoms with Crippen molar-refractivity contribution >= 4 is 0 Å². The van der Waals surface area contributed by atoms with Gasteiger partial charge in [-0.25, -0.2) is 4.39 Å². The van der Waals surface area contributed by atoms with Crippen LogP contribution >= 0.6 is 0 Å². The number of benzene rings is 1. The fraction of sp³-hybridized carbons (Fsp3) is 0.647. The molecule has 2 saturated heterocycles. The van der Waals surface area contributed by atoms with Crippen LogP contribution < -0.4 is 5.32 Å². The largest absolute Gasteiger partial charge is 0.306 e. The van der Waals surface area contributed by atoms with Gasteiger partial charge in [-0.05, 0) is 61.9 Å². The fourth-order valence-corrected chi connectivity index (χ4v) is 4.46. The Morgan fingerprint density at radius 2 is 2.05 bits per heavy atom. The topological polar surface area (TPSA) is 15.3 Å². The van der Waals surface area contributed by atoms with Crippen molar-refractivity contribution in [3.05, 3.63) is 35.1 Å². The first-order chi connectivity index (χ1) is 9.81. The van der Waals surface area contributed by atoms with E-state index in [0.29, 0.717) is 12.1 Å². The molecule has 1 aromatic carbocycles. The highest BCUT2D eigenvalue weighted by Gasteiger charge is 2.37. The van der Waals surface area contributed by atoms with Crippen LogP contribution in [0.2, 0.25) is 0 Å². The van der Waals surface area contributed by atoms with Crippen molar-refractivity contribution in [1.29, 1.82) is 0 Å². The molecule has 3 unspecified atom stereocenters. The Morgan fingerprint density at radius 1 is 1.10 bits per heavy atom. The second-order valence-electron chi connectivity index (χ2n) is 6.60. The minimum Gasteiger partial charge on any atom is -0.306 e. The Hall–Kier alpha value is -0.930. The minimum absolute atomic E-state index is 0.0938. The number of hydrogen-bond acceptors (Lipinski definition) is 2. The molecule has 0 saturated carbocycles. The van der Waals surface area contributed by atoms with Gasteiger partial charge in [-0.15, -0.1) is 0 Å². The maximum Gasteiger partial charge on any atom is 0.123 e. The van der Waals surface area contributed by atoms with Gasteiger partial charge >= 0.3 is 0 Å². The van der Waals surface area contributed by atoms with Crippen LogP contribution in [-0.2, 0) is 6.42 Å². The molecule has 3 aliphatic rings. The first-order valence-corrected chi connectivity index (χ1v) is 8.10. The van der Waals surface area contributed by atoms with Crippen LogP contribution in [0.25, 0.3) is 0 Å². The molecule has 2 fully saturated rings. The molecule has 3 atom stereocenters. The summed E-state index contributed by atoms with van der Waals surface area (Å²) in [6.45, 7) is 2.54. The van der Waals surface area contributed by atoms with Crippen molar-refractivity contribution < 1.29 is 4.39 Å². The van der Waals surface area contributed by atoms with E-state index in [1.165, 1.54) is 49.9 Å². The normalized spacial score (nSPS) is 33.1. The lowest BCUT2D eigenvalue weighted by molar-refractivity contribution is 0.176. The molecule has 4 rings (SSSR count). The molecular weight excluding hydrogens is 251 g/mol. The number of aryl methyl sites for hydroxylation is 1. The number of halogens is 1. The molecule has 0 radical (unpaired) electrons. The Morgan fingerprint density at radius 3 is 3.00 bits per heavy atom. The Kier molecular flexibility index (Phi) is 3.27. The second-order valence-corrected chi connectivity index (χ2v) is 6.60. The highest BCUT2D eigenvalue weighted by Crippen LogP contribution is 2.35. The molecule has 0 aromatic heterocycles. The summed E-state index contributed by atoms with van der Waals surface area (Å²) in [5.74, 6) is -0.0938. The van der Waals surface area contributed by atoms with E-state index in [0.717, 1.165) is 18.9 Å². The molecule has 0 spiro atoms. The van der Waals surface area contributed by atoms with Gasteiger partial charge in [0.15, 0.2) is 0 Å². The van der Waals surface area contributed by atoms with Crippen LogP contribution in [-0.4, -0.2) is 30.1 Å². The van der Waals surface area contributed by atoms with Crippen LogP contribution in [0, 0.1) is 5.82 Å². The van der Waals surface area contributed by atoms with Crippen LogP contribution in [0.15, 0.2) is 18.2 Å². The molecule has 2 nitrogen and oxygen atoms in total. The van der Waals surface area contributed by atoms with E-state index in [2.05, 4.69) is 10.2 Å². The van der Waals surface area contributed by atoms with Gasteiger partial charge in [-0.3, -0.25) is 4.90 Å². The van der Waals surface area contributed by atoms with E-state index in [1.54, 1.807) is 12.1 Å². The van der Waals surface area contributed by atoms with Crippen molar-refractivity contribution in [1.82, 2.24) is 10.2 Å². The molecule has 2 heterocycles. The third-order valence-corrected chi connectivity index (χ3v) is 5.45. The third kappa shape index (κ3) is 2.17. The molecule has 108 valence electrons. The van der Waals surface area contributed by atoms with Gasteiger partial charge in [-0.1, -0.05) is 12.5 Å². The fourth-order valence-electron chi connectivity index (χ4n) is 4.46. The quantitative estimate of drug-likeness (QED) is 0.892. The number of nitrogens with one attached hydrogen (secondary N) is 1. The summed E-state index contributed by atoms with van der Waals surface area (Å²) < 4.78 is 13.3. The van der Waals surface area contributed by atoms with Gasteiger partial charge in [0.25, 0.3) is 0 Å². The summed E-state index contributed by atoms with van der Waals surface area (Å²) in [5.41, 5.74) is 2.54. The zero-order valence-electron chi connectivity index (χ0n) is 11.9. The second kappa shape index (κ2) is 5.12. The zero-order valence-corrected chi connectivity index (χ0v) is 11.9. The average Bonchev–Trinajstić information content (AvgIpc) is 3.04. The maximum absolute atomic E-state index is 13.3. The molecule has 3 heteroatoms. The summed E-state index contributed by atoms with van der Waals surface area (Å²) in [6.07, 6.45) is 7.52. The minimum atomic E-state index is -0.0938. The first-order valence-electron chi connectivity index (χ1n) is 8.10. The number of nitrogens with zero attached hydrogens (tertiary/aromatic N) is 1. The van der Waals surface area contributed by atoms with Crippen molar-refractivity contribution in [2.24, 2.45) is 0 Å². The molecule has 1 N–H and O–H groups in total. The van der Waals surface area contributed by atoms with Gasteiger partial charge in [-0.2, -0.15) is 0 Å². The van der Waals surface area contributed by atoms with Crippen LogP contribution in [0.1, 0.15) is 49.3 Å². The summed E-state index contributed by atoms with van der Waals surface area (Å²) >= 11 is 0. The van der Waals surface area contributed by atoms with Crippen molar-refractivity contribution in [2.75, 3.05) is 13.1 Å². The van der Waals surface area contributed by atoms with Gasteiger partial charge < -0.3 is 5.32 Å².